The topological polar surface area (TPSA) is 33.0 Å². The van der Waals surface area contributed by atoms with Crippen LogP contribution in [0.2, 0.25) is 0 Å². The Balaban J connectivity index is 2.19. The number of unbranched alkanes of at least 4 members (excludes halogenated alkanes) is 3. The van der Waals surface area contributed by atoms with Gasteiger partial charge in [0.05, 0.1) is 18.2 Å². The Hall–Kier alpha value is -1.14. The molecule has 1 aromatic rings. The summed E-state index contributed by atoms with van der Waals surface area (Å²) in [5.74, 6) is 1.75. The molecule has 0 bridgehead atoms. The van der Waals surface area contributed by atoms with Crippen LogP contribution in [0.4, 0.5) is 0 Å². The Morgan fingerprint density at radius 1 is 1.19 bits per heavy atom. The van der Waals surface area contributed by atoms with Crippen LogP contribution in [0.1, 0.15) is 31.2 Å². The monoisotopic (exact) mass is 235 g/mol. The van der Waals surface area contributed by atoms with E-state index in [1.807, 2.05) is 12.1 Å². The molecule has 0 unspecified atom stereocenters. The minimum Gasteiger partial charge on any atom is -0.494 e. The molecule has 0 aliphatic heterocycles. The van der Waals surface area contributed by atoms with Crippen molar-refractivity contribution in [1.29, 1.82) is 5.26 Å². The van der Waals surface area contributed by atoms with Gasteiger partial charge in [0.2, 0.25) is 0 Å². The van der Waals surface area contributed by atoms with Crippen molar-refractivity contribution in [3.63, 3.8) is 0 Å². The molecule has 0 saturated carbocycles. The van der Waals surface area contributed by atoms with Crippen molar-refractivity contribution < 1.29 is 4.74 Å². The van der Waals surface area contributed by atoms with E-state index in [4.69, 9.17) is 10.00 Å². The van der Waals surface area contributed by atoms with Crippen LogP contribution in [-0.4, -0.2) is 12.4 Å². The van der Waals surface area contributed by atoms with E-state index in [0.29, 0.717) is 5.56 Å². The van der Waals surface area contributed by atoms with Gasteiger partial charge in [0.15, 0.2) is 0 Å². The van der Waals surface area contributed by atoms with Gasteiger partial charge in [-0.3, -0.25) is 0 Å². The summed E-state index contributed by atoms with van der Waals surface area (Å²) in [5, 5.41) is 8.72. The standard InChI is InChI=1S/C13H17NOS/c14-11-12-6-5-7-13(10-12)15-8-3-1-2-4-9-16/h5-7,10,16H,1-4,8-9H2. The van der Waals surface area contributed by atoms with E-state index < -0.39 is 0 Å². The molecular formula is C13H17NOS. The van der Waals surface area contributed by atoms with Gasteiger partial charge in [0.1, 0.15) is 5.75 Å². The van der Waals surface area contributed by atoms with Crippen LogP contribution in [-0.2, 0) is 0 Å². The summed E-state index contributed by atoms with van der Waals surface area (Å²) in [5.41, 5.74) is 0.646. The van der Waals surface area contributed by atoms with E-state index in [1.165, 1.54) is 19.3 Å². The predicted octanol–water partition coefficient (Wildman–Crippen LogP) is 3.43. The van der Waals surface area contributed by atoms with Crippen LogP contribution in [0.25, 0.3) is 0 Å². The smallest absolute Gasteiger partial charge is 0.120 e. The highest BCUT2D eigenvalue weighted by molar-refractivity contribution is 7.80. The van der Waals surface area contributed by atoms with E-state index in [9.17, 15) is 0 Å². The van der Waals surface area contributed by atoms with Crippen molar-refractivity contribution in [1.82, 2.24) is 0 Å². The third kappa shape index (κ3) is 5.09. The fraction of sp³-hybridized carbons (Fsp3) is 0.462. The van der Waals surface area contributed by atoms with Gasteiger partial charge in [-0.15, -0.1) is 0 Å². The first-order valence-corrected chi connectivity index (χ1v) is 6.24. The number of rotatable bonds is 7. The molecule has 0 aliphatic carbocycles. The molecule has 0 aromatic heterocycles. The lowest BCUT2D eigenvalue weighted by Gasteiger charge is -2.05. The maximum atomic E-state index is 8.72. The quantitative estimate of drug-likeness (QED) is 0.580. The average Bonchev–Trinajstić information content (AvgIpc) is 2.34. The van der Waals surface area contributed by atoms with Gasteiger partial charge < -0.3 is 4.74 Å². The number of benzene rings is 1. The van der Waals surface area contributed by atoms with Crippen LogP contribution >= 0.6 is 12.6 Å². The van der Waals surface area contributed by atoms with Gasteiger partial charge in [-0.25, -0.2) is 0 Å². The second kappa shape index (κ2) is 8.06. The lowest BCUT2D eigenvalue weighted by atomic mass is 10.2. The molecule has 0 radical (unpaired) electrons. The number of hydrogen-bond acceptors (Lipinski definition) is 3. The number of nitriles is 1. The maximum Gasteiger partial charge on any atom is 0.120 e. The van der Waals surface area contributed by atoms with Gasteiger partial charge in [-0.05, 0) is 36.8 Å². The second-order valence-electron chi connectivity index (χ2n) is 3.63. The van der Waals surface area contributed by atoms with Crippen molar-refractivity contribution in [3.8, 4) is 11.8 Å². The Morgan fingerprint density at radius 2 is 2.00 bits per heavy atom. The summed E-state index contributed by atoms with van der Waals surface area (Å²) in [6.07, 6.45) is 4.63. The highest BCUT2D eigenvalue weighted by Crippen LogP contribution is 2.13. The van der Waals surface area contributed by atoms with Gasteiger partial charge in [-0.2, -0.15) is 17.9 Å². The first-order chi connectivity index (χ1) is 7.86. The van der Waals surface area contributed by atoms with Crippen molar-refractivity contribution in [3.05, 3.63) is 29.8 Å². The van der Waals surface area contributed by atoms with Crippen LogP contribution < -0.4 is 4.74 Å². The number of ether oxygens (including phenoxy) is 1. The molecule has 0 fully saturated rings. The fourth-order valence-electron chi connectivity index (χ4n) is 1.41. The van der Waals surface area contributed by atoms with Crippen molar-refractivity contribution in [2.45, 2.75) is 25.7 Å². The van der Waals surface area contributed by atoms with Gasteiger partial charge in [-0.1, -0.05) is 18.9 Å². The largest absolute Gasteiger partial charge is 0.494 e. The van der Waals surface area contributed by atoms with E-state index in [-0.39, 0.29) is 0 Å². The summed E-state index contributed by atoms with van der Waals surface area (Å²) >= 11 is 4.16. The zero-order valence-electron chi connectivity index (χ0n) is 9.35. The summed E-state index contributed by atoms with van der Waals surface area (Å²) in [6.45, 7) is 0.724. The summed E-state index contributed by atoms with van der Waals surface area (Å²) in [6, 6.07) is 9.37. The molecule has 86 valence electrons. The molecule has 0 aliphatic rings. The molecule has 0 spiro atoms. The third-order valence-electron chi connectivity index (χ3n) is 2.28. The molecule has 3 heteroatoms. The lowest BCUT2D eigenvalue weighted by Crippen LogP contribution is -1.97. The summed E-state index contributed by atoms with van der Waals surface area (Å²) < 4.78 is 5.56. The number of thiol groups is 1. The van der Waals surface area contributed by atoms with E-state index in [1.54, 1.807) is 12.1 Å². The van der Waals surface area contributed by atoms with Gasteiger partial charge >= 0.3 is 0 Å². The molecule has 1 rings (SSSR count). The molecular weight excluding hydrogens is 218 g/mol. The van der Waals surface area contributed by atoms with Crippen LogP contribution in [0.5, 0.6) is 5.75 Å². The van der Waals surface area contributed by atoms with Gasteiger partial charge in [0, 0.05) is 0 Å². The van der Waals surface area contributed by atoms with E-state index in [2.05, 4.69) is 18.7 Å². The molecule has 0 atom stereocenters. The minimum absolute atomic E-state index is 0.646. The molecule has 0 amide bonds. The SMILES string of the molecule is N#Cc1cccc(OCCCCCCS)c1. The maximum absolute atomic E-state index is 8.72. The number of hydrogen-bond donors (Lipinski definition) is 1. The predicted molar refractivity (Wildman–Crippen MR) is 69.0 cm³/mol. The zero-order valence-corrected chi connectivity index (χ0v) is 10.2. The molecule has 0 saturated heterocycles. The third-order valence-corrected chi connectivity index (χ3v) is 2.60. The van der Waals surface area contributed by atoms with Gasteiger partial charge in [0.25, 0.3) is 0 Å². The van der Waals surface area contributed by atoms with E-state index in [0.717, 1.165) is 24.5 Å². The van der Waals surface area contributed by atoms with Crippen LogP contribution in [0.15, 0.2) is 24.3 Å². The van der Waals surface area contributed by atoms with Crippen LogP contribution in [0.3, 0.4) is 0 Å². The first-order valence-electron chi connectivity index (χ1n) is 5.60. The average molecular weight is 235 g/mol. The Morgan fingerprint density at radius 3 is 2.75 bits per heavy atom. The van der Waals surface area contributed by atoms with Crippen molar-refractivity contribution in [2.75, 3.05) is 12.4 Å². The van der Waals surface area contributed by atoms with Crippen molar-refractivity contribution in [2.24, 2.45) is 0 Å². The second-order valence-corrected chi connectivity index (χ2v) is 4.07. The summed E-state index contributed by atoms with van der Waals surface area (Å²) in [7, 11) is 0. The van der Waals surface area contributed by atoms with E-state index >= 15 is 0 Å². The zero-order chi connectivity index (χ0) is 11.6. The molecule has 0 heterocycles. The molecule has 0 N–H and O–H groups in total. The normalized spacial score (nSPS) is 9.75. The Labute approximate surface area is 103 Å². The highest BCUT2D eigenvalue weighted by atomic mass is 32.1. The molecule has 2 nitrogen and oxygen atoms in total. The van der Waals surface area contributed by atoms with Crippen molar-refractivity contribution >= 4 is 12.6 Å². The van der Waals surface area contributed by atoms with Crippen LogP contribution in [0, 0.1) is 11.3 Å². The first kappa shape index (κ1) is 12.9. The highest BCUT2D eigenvalue weighted by Gasteiger charge is 1.96. The number of nitrogens with zero attached hydrogens (tertiary/aromatic N) is 1. The minimum atomic E-state index is 0.646. The Kier molecular flexibility index (Phi) is 6.52. The summed E-state index contributed by atoms with van der Waals surface area (Å²) in [4.78, 5) is 0. The Bertz CT molecular complexity index is 346. The molecule has 16 heavy (non-hydrogen) atoms. The lowest BCUT2D eigenvalue weighted by molar-refractivity contribution is 0.305. The molecule has 1 aromatic carbocycles. The fourth-order valence-corrected chi connectivity index (χ4v) is 1.64.